The number of hydrogen-bond donors (Lipinski definition) is 2. The van der Waals surface area contributed by atoms with Crippen LogP contribution in [0, 0.1) is 5.92 Å². The van der Waals surface area contributed by atoms with E-state index in [-0.39, 0.29) is 17.7 Å². The standard InChI is InChI=1S/C17H23N3O2S/c1-23-15-6-4-14(5-7-15)20-11-12(9-16(20)21)17(22)19-10-13-3-2-8-18-13/h4-7,12-13,18H,2-3,8-11H2,1H3,(H,19,22). The first-order valence-corrected chi connectivity index (χ1v) is 9.35. The molecule has 2 saturated heterocycles. The second kappa shape index (κ2) is 7.36. The summed E-state index contributed by atoms with van der Waals surface area (Å²) in [6.07, 6.45) is 4.60. The van der Waals surface area contributed by atoms with Gasteiger partial charge in [-0.25, -0.2) is 0 Å². The Bertz CT molecular complexity index is 570. The molecule has 23 heavy (non-hydrogen) atoms. The summed E-state index contributed by atoms with van der Waals surface area (Å²) in [6, 6.07) is 8.30. The number of thioether (sulfide) groups is 1. The van der Waals surface area contributed by atoms with Gasteiger partial charge in [0.25, 0.3) is 0 Å². The van der Waals surface area contributed by atoms with E-state index in [9.17, 15) is 9.59 Å². The topological polar surface area (TPSA) is 61.4 Å². The van der Waals surface area contributed by atoms with Crippen molar-refractivity contribution in [3.8, 4) is 0 Å². The van der Waals surface area contributed by atoms with Crippen molar-refractivity contribution in [2.75, 3.05) is 30.8 Å². The minimum absolute atomic E-state index is 0.00437. The van der Waals surface area contributed by atoms with Crippen LogP contribution in [0.3, 0.4) is 0 Å². The average molecular weight is 333 g/mol. The summed E-state index contributed by atoms with van der Waals surface area (Å²) < 4.78 is 0. The number of amides is 2. The van der Waals surface area contributed by atoms with Gasteiger partial charge in [0.1, 0.15) is 0 Å². The van der Waals surface area contributed by atoms with E-state index in [0.717, 1.165) is 18.7 Å². The molecule has 5 nitrogen and oxygen atoms in total. The number of carbonyl (C=O) groups excluding carboxylic acids is 2. The minimum atomic E-state index is -0.246. The van der Waals surface area contributed by atoms with E-state index in [0.29, 0.717) is 25.6 Å². The third kappa shape index (κ3) is 3.87. The first-order chi connectivity index (χ1) is 11.2. The lowest BCUT2D eigenvalue weighted by Gasteiger charge is -2.17. The number of nitrogens with one attached hydrogen (secondary N) is 2. The fourth-order valence-corrected chi connectivity index (χ4v) is 3.60. The molecule has 0 spiro atoms. The fourth-order valence-electron chi connectivity index (χ4n) is 3.19. The lowest BCUT2D eigenvalue weighted by Crippen LogP contribution is -2.40. The molecule has 0 aliphatic carbocycles. The van der Waals surface area contributed by atoms with Crippen LogP contribution in [0.5, 0.6) is 0 Å². The van der Waals surface area contributed by atoms with E-state index >= 15 is 0 Å². The molecule has 2 aliphatic rings. The highest BCUT2D eigenvalue weighted by atomic mass is 32.2. The maximum Gasteiger partial charge on any atom is 0.227 e. The van der Waals surface area contributed by atoms with Crippen LogP contribution in [0.4, 0.5) is 5.69 Å². The Labute approximate surface area is 141 Å². The Kier molecular flexibility index (Phi) is 5.23. The summed E-state index contributed by atoms with van der Waals surface area (Å²) in [5.74, 6) is -0.222. The smallest absolute Gasteiger partial charge is 0.227 e. The first-order valence-electron chi connectivity index (χ1n) is 8.13. The van der Waals surface area contributed by atoms with Gasteiger partial charge in [0, 0.05) is 36.1 Å². The van der Waals surface area contributed by atoms with E-state index in [2.05, 4.69) is 10.6 Å². The van der Waals surface area contributed by atoms with Gasteiger partial charge in [-0.15, -0.1) is 11.8 Å². The first kappa shape index (κ1) is 16.3. The van der Waals surface area contributed by atoms with Crippen LogP contribution in [0.25, 0.3) is 0 Å². The van der Waals surface area contributed by atoms with Crippen LogP contribution in [-0.4, -0.2) is 43.7 Å². The Balaban J connectivity index is 1.56. The summed E-state index contributed by atoms with van der Waals surface area (Å²) in [7, 11) is 0. The quantitative estimate of drug-likeness (QED) is 0.804. The second-order valence-corrected chi connectivity index (χ2v) is 7.02. The molecule has 2 unspecified atom stereocenters. The number of anilines is 1. The van der Waals surface area contributed by atoms with Gasteiger partial charge in [0.05, 0.1) is 5.92 Å². The summed E-state index contributed by atoms with van der Waals surface area (Å²) in [5, 5.41) is 6.36. The van der Waals surface area contributed by atoms with Crippen molar-refractivity contribution in [2.24, 2.45) is 5.92 Å². The van der Waals surface area contributed by atoms with Crippen molar-refractivity contribution in [3.05, 3.63) is 24.3 Å². The number of benzene rings is 1. The van der Waals surface area contributed by atoms with E-state index < -0.39 is 0 Å². The van der Waals surface area contributed by atoms with Crippen molar-refractivity contribution in [3.63, 3.8) is 0 Å². The molecule has 2 fully saturated rings. The molecular formula is C17H23N3O2S. The lowest BCUT2D eigenvalue weighted by atomic mass is 10.1. The molecular weight excluding hydrogens is 310 g/mol. The average Bonchev–Trinajstić information content (AvgIpc) is 3.22. The van der Waals surface area contributed by atoms with Crippen molar-refractivity contribution in [1.82, 2.24) is 10.6 Å². The Morgan fingerprint density at radius 3 is 2.83 bits per heavy atom. The molecule has 6 heteroatoms. The molecule has 3 rings (SSSR count). The molecule has 2 N–H and O–H groups in total. The summed E-state index contributed by atoms with van der Waals surface area (Å²) in [6.45, 7) is 2.16. The molecule has 124 valence electrons. The van der Waals surface area contributed by atoms with Crippen molar-refractivity contribution < 1.29 is 9.59 Å². The van der Waals surface area contributed by atoms with Crippen LogP contribution >= 0.6 is 11.8 Å². The molecule has 2 heterocycles. The van der Waals surface area contributed by atoms with Gasteiger partial charge in [-0.1, -0.05) is 0 Å². The highest BCUT2D eigenvalue weighted by Crippen LogP contribution is 2.27. The maximum absolute atomic E-state index is 12.3. The zero-order valence-electron chi connectivity index (χ0n) is 13.4. The van der Waals surface area contributed by atoms with Crippen LogP contribution in [0.2, 0.25) is 0 Å². The monoisotopic (exact) mass is 333 g/mol. The van der Waals surface area contributed by atoms with Gasteiger partial charge in [0.15, 0.2) is 0 Å². The second-order valence-electron chi connectivity index (χ2n) is 6.14. The van der Waals surface area contributed by atoms with Crippen LogP contribution < -0.4 is 15.5 Å². The number of hydrogen-bond acceptors (Lipinski definition) is 4. The summed E-state index contributed by atoms with van der Waals surface area (Å²) in [4.78, 5) is 27.4. The van der Waals surface area contributed by atoms with E-state index in [1.54, 1.807) is 16.7 Å². The summed E-state index contributed by atoms with van der Waals surface area (Å²) in [5.41, 5.74) is 0.876. The highest BCUT2D eigenvalue weighted by Gasteiger charge is 2.35. The number of nitrogens with zero attached hydrogens (tertiary/aromatic N) is 1. The predicted octanol–water partition coefficient (Wildman–Crippen LogP) is 1.63. The third-order valence-corrected chi connectivity index (χ3v) is 5.31. The zero-order chi connectivity index (χ0) is 16.2. The summed E-state index contributed by atoms with van der Waals surface area (Å²) >= 11 is 1.67. The van der Waals surface area contributed by atoms with Gasteiger partial charge in [-0.3, -0.25) is 9.59 Å². The van der Waals surface area contributed by atoms with Gasteiger partial charge < -0.3 is 15.5 Å². The maximum atomic E-state index is 12.3. The van der Waals surface area contributed by atoms with E-state index in [1.165, 1.54) is 11.3 Å². The van der Waals surface area contributed by atoms with Crippen LogP contribution in [0.15, 0.2) is 29.2 Å². The minimum Gasteiger partial charge on any atom is -0.354 e. The normalized spacial score (nSPS) is 24.2. The lowest BCUT2D eigenvalue weighted by molar-refractivity contribution is -0.126. The van der Waals surface area contributed by atoms with Gasteiger partial charge in [-0.2, -0.15) is 0 Å². The van der Waals surface area contributed by atoms with Crippen molar-refractivity contribution in [2.45, 2.75) is 30.2 Å². The zero-order valence-corrected chi connectivity index (χ0v) is 14.2. The number of rotatable bonds is 5. The molecule has 2 amide bonds. The van der Waals surface area contributed by atoms with Gasteiger partial charge in [-0.05, 0) is 49.9 Å². The van der Waals surface area contributed by atoms with Gasteiger partial charge in [0.2, 0.25) is 11.8 Å². The van der Waals surface area contributed by atoms with Crippen LogP contribution in [-0.2, 0) is 9.59 Å². The third-order valence-electron chi connectivity index (χ3n) is 4.56. The Morgan fingerprint density at radius 1 is 1.39 bits per heavy atom. The molecule has 0 saturated carbocycles. The molecule has 0 aromatic heterocycles. The molecule has 0 bridgehead atoms. The highest BCUT2D eigenvalue weighted by molar-refractivity contribution is 7.98. The largest absolute Gasteiger partial charge is 0.354 e. The molecule has 2 atom stereocenters. The SMILES string of the molecule is CSc1ccc(N2CC(C(=O)NCC3CCCN3)CC2=O)cc1. The predicted molar refractivity (Wildman–Crippen MR) is 92.7 cm³/mol. The van der Waals surface area contributed by atoms with E-state index in [4.69, 9.17) is 0 Å². The Morgan fingerprint density at radius 2 is 2.17 bits per heavy atom. The van der Waals surface area contributed by atoms with Gasteiger partial charge >= 0.3 is 0 Å². The van der Waals surface area contributed by atoms with Crippen molar-refractivity contribution in [1.29, 1.82) is 0 Å². The molecule has 0 radical (unpaired) electrons. The molecule has 2 aliphatic heterocycles. The molecule has 1 aromatic carbocycles. The van der Waals surface area contributed by atoms with Crippen molar-refractivity contribution >= 4 is 29.3 Å². The van der Waals surface area contributed by atoms with E-state index in [1.807, 2.05) is 30.5 Å². The number of carbonyl (C=O) groups is 2. The molecule has 1 aromatic rings. The fraction of sp³-hybridized carbons (Fsp3) is 0.529. The van der Waals surface area contributed by atoms with Crippen LogP contribution in [0.1, 0.15) is 19.3 Å². The Hall–Kier alpha value is -1.53.